The Balaban J connectivity index is 2.14. The SMILES string of the molecule is Cn1ccnc1CNS(=O)(=O)c1ccc(C(N)=S)s1. The highest BCUT2D eigenvalue weighted by Gasteiger charge is 2.17. The minimum atomic E-state index is -3.57. The van der Waals surface area contributed by atoms with Gasteiger partial charge in [0.05, 0.1) is 11.4 Å². The zero-order valence-corrected chi connectivity index (χ0v) is 12.5. The third-order valence-electron chi connectivity index (χ3n) is 2.43. The second-order valence-electron chi connectivity index (χ2n) is 3.76. The molecule has 19 heavy (non-hydrogen) atoms. The molecule has 102 valence electrons. The first-order valence-corrected chi connectivity index (χ1v) is 7.96. The second-order valence-corrected chi connectivity index (χ2v) is 7.28. The summed E-state index contributed by atoms with van der Waals surface area (Å²) >= 11 is 5.85. The minimum Gasteiger partial charge on any atom is -0.389 e. The molecule has 0 aliphatic heterocycles. The predicted octanol–water partition coefficient (Wildman–Crippen LogP) is 0.594. The van der Waals surface area contributed by atoms with Gasteiger partial charge in [0.2, 0.25) is 10.0 Å². The number of aryl methyl sites for hydroxylation is 1. The monoisotopic (exact) mass is 316 g/mol. The van der Waals surface area contributed by atoms with Crippen molar-refractivity contribution in [3.8, 4) is 0 Å². The topological polar surface area (TPSA) is 90.0 Å². The maximum atomic E-state index is 12.1. The van der Waals surface area contributed by atoms with Crippen LogP contribution in [0, 0.1) is 0 Å². The summed E-state index contributed by atoms with van der Waals surface area (Å²) in [5.41, 5.74) is 5.45. The number of aromatic nitrogens is 2. The smallest absolute Gasteiger partial charge is 0.250 e. The molecule has 2 aromatic rings. The van der Waals surface area contributed by atoms with E-state index in [1.807, 2.05) is 0 Å². The van der Waals surface area contributed by atoms with Crippen LogP contribution in [0.25, 0.3) is 0 Å². The first-order chi connectivity index (χ1) is 8.90. The van der Waals surface area contributed by atoms with Crippen molar-refractivity contribution >= 4 is 38.6 Å². The molecule has 0 unspecified atom stereocenters. The first kappa shape index (κ1) is 14.1. The summed E-state index contributed by atoms with van der Waals surface area (Å²) < 4.78 is 28.5. The van der Waals surface area contributed by atoms with E-state index in [1.54, 1.807) is 30.1 Å². The highest BCUT2D eigenvalue weighted by Crippen LogP contribution is 2.21. The van der Waals surface area contributed by atoms with E-state index in [0.29, 0.717) is 10.7 Å². The number of rotatable bonds is 5. The molecule has 0 atom stereocenters. The zero-order valence-electron chi connectivity index (χ0n) is 10.0. The third-order valence-corrected chi connectivity index (χ3v) is 5.79. The summed E-state index contributed by atoms with van der Waals surface area (Å²) in [6.07, 6.45) is 3.36. The molecule has 0 radical (unpaired) electrons. The normalized spacial score (nSPS) is 11.6. The van der Waals surface area contributed by atoms with E-state index in [-0.39, 0.29) is 15.7 Å². The lowest BCUT2D eigenvalue weighted by Crippen LogP contribution is -2.24. The Hall–Kier alpha value is -1.29. The molecule has 0 fully saturated rings. The molecule has 3 N–H and O–H groups in total. The molecule has 0 saturated heterocycles. The van der Waals surface area contributed by atoms with Crippen LogP contribution < -0.4 is 10.5 Å². The van der Waals surface area contributed by atoms with Gasteiger partial charge in [-0.05, 0) is 12.1 Å². The molecule has 0 aliphatic rings. The van der Waals surface area contributed by atoms with Crippen LogP contribution in [0.4, 0.5) is 0 Å². The van der Waals surface area contributed by atoms with Crippen molar-refractivity contribution in [2.75, 3.05) is 0 Å². The van der Waals surface area contributed by atoms with Crippen LogP contribution >= 0.6 is 23.6 Å². The lowest BCUT2D eigenvalue weighted by atomic mass is 10.5. The van der Waals surface area contributed by atoms with Crippen LogP contribution in [0.15, 0.2) is 28.7 Å². The molecule has 0 spiro atoms. The van der Waals surface area contributed by atoms with Gasteiger partial charge in [-0.3, -0.25) is 0 Å². The number of thiophene rings is 1. The Morgan fingerprint density at radius 1 is 1.58 bits per heavy atom. The van der Waals surface area contributed by atoms with Crippen LogP contribution in [-0.2, 0) is 23.6 Å². The lowest BCUT2D eigenvalue weighted by Gasteiger charge is -2.04. The second kappa shape index (κ2) is 5.37. The van der Waals surface area contributed by atoms with Gasteiger partial charge in [0, 0.05) is 19.4 Å². The lowest BCUT2D eigenvalue weighted by molar-refractivity contribution is 0.579. The van der Waals surface area contributed by atoms with E-state index in [9.17, 15) is 8.42 Å². The van der Waals surface area contributed by atoms with Crippen LogP contribution in [-0.4, -0.2) is 23.0 Å². The molecule has 2 heterocycles. The standard InChI is InChI=1S/C10H12N4O2S3/c1-14-5-4-12-8(14)6-13-19(15,16)9-3-2-7(18-9)10(11)17/h2-5,13H,6H2,1H3,(H2,11,17). The average Bonchev–Trinajstić information content (AvgIpc) is 2.95. The molecule has 0 amide bonds. The zero-order chi connectivity index (χ0) is 14.0. The molecular weight excluding hydrogens is 304 g/mol. The van der Waals surface area contributed by atoms with Crippen molar-refractivity contribution in [2.45, 2.75) is 10.8 Å². The summed E-state index contributed by atoms with van der Waals surface area (Å²) in [5.74, 6) is 0.634. The van der Waals surface area contributed by atoms with E-state index in [2.05, 4.69) is 9.71 Å². The summed E-state index contributed by atoms with van der Waals surface area (Å²) in [7, 11) is -1.77. The van der Waals surface area contributed by atoms with E-state index < -0.39 is 10.0 Å². The number of imidazole rings is 1. The van der Waals surface area contributed by atoms with Gasteiger partial charge in [0.25, 0.3) is 0 Å². The van der Waals surface area contributed by atoms with Gasteiger partial charge >= 0.3 is 0 Å². The number of nitrogens with two attached hydrogens (primary N) is 1. The van der Waals surface area contributed by atoms with E-state index >= 15 is 0 Å². The Labute approximate surface area is 120 Å². The molecular formula is C10H12N4O2S3. The number of thiocarbonyl (C=S) groups is 1. The summed E-state index contributed by atoms with van der Waals surface area (Å²) in [4.78, 5) is 4.81. The van der Waals surface area contributed by atoms with Gasteiger partial charge < -0.3 is 10.3 Å². The van der Waals surface area contributed by atoms with Gasteiger partial charge in [-0.1, -0.05) is 12.2 Å². The van der Waals surface area contributed by atoms with Crippen molar-refractivity contribution in [3.63, 3.8) is 0 Å². The molecule has 6 nitrogen and oxygen atoms in total. The largest absolute Gasteiger partial charge is 0.389 e. The van der Waals surface area contributed by atoms with Gasteiger partial charge in [-0.15, -0.1) is 11.3 Å². The van der Waals surface area contributed by atoms with Crippen molar-refractivity contribution in [1.29, 1.82) is 0 Å². The van der Waals surface area contributed by atoms with Gasteiger partial charge in [0.1, 0.15) is 15.0 Å². The van der Waals surface area contributed by atoms with Crippen LogP contribution in [0.5, 0.6) is 0 Å². The number of nitrogens with zero attached hydrogens (tertiary/aromatic N) is 2. The Kier molecular flexibility index (Phi) is 3.99. The maximum Gasteiger partial charge on any atom is 0.250 e. The molecule has 0 aliphatic carbocycles. The quantitative estimate of drug-likeness (QED) is 0.788. The fourth-order valence-corrected chi connectivity index (χ4v) is 3.77. The molecule has 2 rings (SSSR count). The van der Waals surface area contributed by atoms with Gasteiger partial charge in [0.15, 0.2) is 0 Å². The van der Waals surface area contributed by atoms with Crippen molar-refractivity contribution in [2.24, 2.45) is 12.8 Å². The average molecular weight is 316 g/mol. The van der Waals surface area contributed by atoms with Crippen molar-refractivity contribution in [3.05, 3.63) is 35.2 Å². The van der Waals surface area contributed by atoms with E-state index in [1.165, 1.54) is 6.07 Å². The van der Waals surface area contributed by atoms with Crippen molar-refractivity contribution < 1.29 is 8.42 Å². The molecule has 0 aromatic carbocycles. The van der Waals surface area contributed by atoms with Gasteiger partial charge in [-0.2, -0.15) is 0 Å². The van der Waals surface area contributed by atoms with E-state index in [0.717, 1.165) is 11.3 Å². The number of nitrogens with one attached hydrogen (secondary N) is 1. The molecule has 0 saturated carbocycles. The summed E-state index contributed by atoms with van der Waals surface area (Å²) in [6.45, 7) is 0.131. The summed E-state index contributed by atoms with van der Waals surface area (Å²) in [5, 5.41) is 0. The number of hydrogen-bond acceptors (Lipinski definition) is 5. The maximum absolute atomic E-state index is 12.1. The Morgan fingerprint density at radius 2 is 2.32 bits per heavy atom. The Morgan fingerprint density at radius 3 is 2.84 bits per heavy atom. The van der Waals surface area contributed by atoms with Crippen LogP contribution in [0.3, 0.4) is 0 Å². The highest BCUT2D eigenvalue weighted by atomic mass is 32.2. The Bertz CT molecular complexity index is 702. The van der Waals surface area contributed by atoms with Crippen molar-refractivity contribution in [1.82, 2.24) is 14.3 Å². The number of hydrogen-bond donors (Lipinski definition) is 2. The third kappa shape index (κ3) is 3.18. The fraction of sp³-hybridized carbons (Fsp3) is 0.200. The summed E-state index contributed by atoms with van der Waals surface area (Å²) in [6, 6.07) is 3.09. The predicted molar refractivity (Wildman–Crippen MR) is 77.4 cm³/mol. The first-order valence-electron chi connectivity index (χ1n) is 5.25. The number of sulfonamides is 1. The van der Waals surface area contributed by atoms with Crippen LogP contribution in [0.2, 0.25) is 0 Å². The minimum absolute atomic E-state index is 0.131. The molecule has 2 aromatic heterocycles. The molecule has 0 bridgehead atoms. The van der Waals surface area contributed by atoms with Gasteiger partial charge in [-0.25, -0.2) is 18.1 Å². The van der Waals surface area contributed by atoms with E-state index in [4.69, 9.17) is 18.0 Å². The molecule has 9 heteroatoms. The fourth-order valence-electron chi connectivity index (χ4n) is 1.39. The van der Waals surface area contributed by atoms with Crippen LogP contribution in [0.1, 0.15) is 10.7 Å². The highest BCUT2D eigenvalue weighted by molar-refractivity contribution is 7.91.